The number of ether oxygens (including phenoxy) is 1. The topological polar surface area (TPSA) is 69.0 Å². The second-order valence-corrected chi connectivity index (χ2v) is 9.26. The zero-order valence-electron chi connectivity index (χ0n) is 19.2. The average Bonchev–Trinajstić information content (AvgIpc) is 3.30. The van der Waals surface area contributed by atoms with Gasteiger partial charge in [0.2, 0.25) is 5.91 Å². The molecule has 1 amide bonds. The number of para-hydroxylation sites is 2. The van der Waals surface area contributed by atoms with Crippen molar-refractivity contribution >= 4 is 34.1 Å². The monoisotopic (exact) mass is 480 g/mol. The van der Waals surface area contributed by atoms with Gasteiger partial charge in [-0.3, -0.25) is 9.36 Å². The first-order valence-corrected chi connectivity index (χ1v) is 12.2. The first-order valence-electron chi connectivity index (χ1n) is 11.3. The summed E-state index contributed by atoms with van der Waals surface area (Å²) in [6, 6.07) is 33.4. The van der Waals surface area contributed by atoms with E-state index in [0.717, 1.165) is 27.9 Å². The second kappa shape index (κ2) is 10.4. The van der Waals surface area contributed by atoms with Gasteiger partial charge in [0.1, 0.15) is 12.4 Å². The molecule has 0 fully saturated rings. The molecule has 4 aromatic carbocycles. The quantitative estimate of drug-likeness (QED) is 0.271. The van der Waals surface area contributed by atoms with E-state index in [1.807, 2.05) is 102 Å². The summed E-state index contributed by atoms with van der Waals surface area (Å²) in [5, 5.41) is 14.2. The predicted octanol–water partition coefficient (Wildman–Crippen LogP) is 6.12. The number of fused-ring (bicyclic) bond motifs is 1. The summed E-state index contributed by atoms with van der Waals surface area (Å²) < 4.78 is 8.15. The third kappa shape index (κ3) is 5.20. The summed E-state index contributed by atoms with van der Waals surface area (Å²) in [4.78, 5) is 12.8. The number of hydrogen-bond acceptors (Lipinski definition) is 5. The highest BCUT2D eigenvalue weighted by atomic mass is 32.2. The third-order valence-electron chi connectivity index (χ3n) is 5.51. The van der Waals surface area contributed by atoms with E-state index in [0.29, 0.717) is 11.0 Å². The van der Waals surface area contributed by atoms with Gasteiger partial charge in [0.25, 0.3) is 0 Å². The molecule has 1 aromatic heterocycles. The zero-order chi connectivity index (χ0) is 24.0. The molecule has 0 aliphatic heterocycles. The molecule has 0 aliphatic rings. The first kappa shape index (κ1) is 22.7. The smallest absolute Gasteiger partial charge is 0.237 e. The predicted molar refractivity (Wildman–Crippen MR) is 140 cm³/mol. The lowest BCUT2D eigenvalue weighted by atomic mass is 10.1. The van der Waals surface area contributed by atoms with E-state index in [1.54, 1.807) is 0 Å². The van der Waals surface area contributed by atoms with Gasteiger partial charge in [-0.2, -0.15) is 0 Å². The Hall–Kier alpha value is -4.10. The highest BCUT2D eigenvalue weighted by molar-refractivity contribution is 8.00. The van der Waals surface area contributed by atoms with Crippen molar-refractivity contribution in [1.82, 2.24) is 14.8 Å². The Kier molecular flexibility index (Phi) is 6.77. The summed E-state index contributed by atoms with van der Waals surface area (Å²) in [7, 11) is 0. The summed E-state index contributed by atoms with van der Waals surface area (Å²) >= 11 is 1.36. The molecule has 174 valence electrons. The van der Waals surface area contributed by atoms with Crippen molar-refractivity contribution in [3.63, 3.8) is 0 Å². The fraction of sp³-hybridized carbons (Fsp3) is 0.107. The molecule has 5 aromatic rings. The van der Waals surface area contributed by atoms with E-state index in [2.05, 4.69) is 27.6 Å². The second-order valence-electron chi connectivity index (χ2n) is 7.95. The van der Waals surface area contributed by atoms with Crippen LogP contribution in [-0.2, 0) is 11.4 Å². The molecule has 1 heterocycles. The third-order valence-corrected chi connectivity index (χ3v) is 6.56. The number of thioether (sulfide) groups is 1. The number of aromatic nitrogens is 3. The molecule has 5 rings (SSSR count). The Morgan fingerprint density at radius 3 is 2.37 bits per heavy atom. The van der Waals surface area contributed by atoms with Gasteiger partial charge in [-0.15, -0.1) is 10.2 Å². The van der Waals surface area contributed by atoms with Gasteiger partial charge >= 0.3 is 0 Å². The molecule has 1 N–H and O–H groups in total. The van der Waals surface area contributed by atoms with Crippen LogP contribution in [0, 0.1) is 0 Å². The van der Waals surface area contributed by atoms with Crippen molar-refractivity contribution in [2.24, 2.45) is 0 Å². The Morgan fingerprint density at radius 1 is 0.886 bits per heavy atom. The lowest BCUT2D eigenvalue weighted by Gasteiger charge is -2.14. The summed E-state index contributed by atoms with van der Waals surface area (Å²) in [5.74, 6) is 1.34. The molecule has 0 bridgehead atoms. The molecule has 35 heavy (non-hydrogen) atoms. The van der Waals surface area contributed by atoms with Gasteiger partial charge in [0.05, 0.1) is 5.25 Å². The standard InChI is InChI=1S/C28H24N4O2S/c1-20(27(33)29-22-13-4-2-5-14-22)35-28-31-30-26(32(28)23-15-6-3-7-16-23)19-34-25-18-10-12-21-11-8-9-17-24(21)25/h2-18,20H,19H2,1H3,(H,29,33)/t20-/m0/s1. The summed E-state index contributed by atoms with van der Waals surface area (Å²) in [6.07, 6.45) is 0. The van der Waals surface area contributed by atoms with E-state index >= 15 is 0 Å². The van der Waals surface area contributed by atoms with Crippen LogP contribution in [0.2, 0.25) is 0 Å². The van der Waals surface area contributed by atoms with Crippen LogP contribution in [0.15, 0.2) is 108 Å². The van der Waals surface area contributed by atoms with Crippen molar-refractivity contribution in [2.45, 2.75) is 23.9 Å². The highest BCUT2D eigenvalue weighted by Gasteiger charge is 2.21. The molecular weight excluding hydrogens is 456 g/mol. The zero-order valence-corrected chi connectivity index (χ0v) is 20.0. The summed E-state index contributed by atoms with van der Waals surface area (Å²) in [6.45, 7) is 2.10. The van der Waals surface area contributed by atoms with Crippen molar-refractivity contribution in [3.8, 4) is 11.4 Å². The molecule has 0 aliphatic carbocycles. The van der Waals surface area contributed by atoms with Gasteiger partial charge in [-0.1, -0.05) is 84.6 Å². The Labute approximate surface area is 208 Å². The van der Waals surface area contributed by atoms with Gasteiger partial charge in [0.15, 0.2) is 11.0 Å². The number of nitrogens with zero attached hydrogens (tertiary/aromatic N) is 3. The number of nitrogens with one attached hydrogen (secondary N) is 1. The maximum absolute atomic E-state index is 12.8. The largest absolute Gasteiger partial charge is 0.485 e. The van der Waals surface area contributed by atoms with Crippen LogP contribution in [0.1, 0.15) is 12.7 Å². The normalized spacial score (nSPS) is 11.8. The molecule has 0 saturated carbocycles. The van der Waals surface area contributed by atoms with Crippen LogP contribution < -0.4 is 10.1 Å². The van der Waals surface area contributed by atoms with Crippen molar-refractivity contribution in [3.05, 3.63) is 109 Å². The first-order chi connectivity index (χ1) is 17.2. The number of amides is 1. The number of carbonyl (C=O) groups excluding carboxylic acids is 1. The Morgan fingerprint density at radius 2 is 1.57 bits per heavy atom. The fourth-order valence-electron chi connectivity index (χ4n) is 3.75. The number of carbonyl (C=O) groups is 1. The lowest BCUT2D eigenvalue weighted by molar-refractivity contribution is -0.115. The van der Waals surface area contributed by atoms with E-state index in [4.69, 9.17) is 4.74 Å². The fourth-order valence-corrected chi connectivity index (χ4v) is 4.63. The van der Waals surface area contributed by atoms with E-state index in [1.165, 1.54) is 11.8 Å². The Bertz CT molecular complexity index is 1430. The molecule has 0 saturated heterocycles. The van der Waals surface area contributed by atoms with Gasteiger partial charge in [0, 0.05) is 16.8 Å². The SMILES string of the molecule is C[C@H](Sc1nnc(COc2cccc3ccccc23)n1-c1ccccc1)C(=O)Nc1ccccc1. The van der Waals surface area contributed by atoms with Crippen LogP contribution in [-0.4, -0.2) is 25.9 Å². The molecule has 7 heteroatoms. The van der Waals surface area contributed by atoms with Crippen molar-refractivity contribution in [1.29, 1.82) is 0 Å². The van der Waals surface area contributed by atoms with Crippen LogP contribution in [0.3, 0.4) is 0 Å². The van der Waals surface area contributed by atoms with Gasteiger partial charge in [-0.25, -0.2) is 0 Å². The summed E-state index contributed by atoms with van der Waals surface area (Å²) in [5.41, 5.74) is 1.67. The molecule has 6 nitrogen and oxygen atoms in total. The van der Waals surface area contributed by atoms with Gasteiger partial charge in [-0.05, 0) is 42.6 Å². The maximum atomic E-state index is 12.8. The molecule has 1 atom stereocenters. The van der Waals surface area contributed by atoms with Crippen molar-refractivity contribution in [2.75, 3.05) is 5.32 Å². The number of anilines is 1. The molecule has 0 unspecified atom stereocenters. The van der Waals surface area contributed by atoms with Crippen molar-refractivity contribution < 1.29 is 9.53 Å². The minimum Gasteiger partial charge on any atom is -0.485 e. The van der Waals surface area contributed by atoms with E-state index in [9.17, 15) is 4.79 Å². The molecule has 0 radical (unpaired) electrons. The van der Waals surface area contributed by atoms with Gasteiger partial charge < -0.3 is 10.1 Å². The van der Waals surface area contributed by atoms with E-state index in [-0.39, 0.29) is 17.8 Å². The minimum absolute atomic E-state index is 0.0997. The lowest BCUT2D eigenvalue weighted by Crippen LogP contribution is -2.22. The highest BCUT2D eigenvalue weighted by Crippen LogP contribution is 2.29. The minimum atomic E-state index is -0.381. The van der Waals surface area contributed by atoms with Crippen LogP contribution >= 0.6 is 11.8 Å². The number of rotatable bonds is 8. The number of benzene rings is 4. The van der Waals surface area contributed by atoms with Crippen LogP contribution in [0.4, 0.5) is 5.69 Å². The van der Waals surface area contributed by atoms with E-state index < -0.39 is 0 Å². The maximum Gasteiger partial charge on any atom is 0.237 e. The molecule has 0 spiro atoms. The van der Waals surface area contributed by atoms with Crippen LogP contribution in [0.5, 0.6) is 5.75 Å². The molecular formula is C28H24N4O2S. The average molecular weight is 481 g/mol. The van der Waals surface area contributed by atoms with Crippen LogP contribution in [0.25, 0.3) is 16.5 Å². The Balaban J connectivity index is 1.39. The number of hydrogen-bond donors (Lipinski definition) is 1.